The first kappa shape index (κ1) is 30.1. The van der Waals surface area contributed by atoms with Crippen molar-refractivity contribution in [2.75, 3.05) is 9.80 Å². The summed E-state index contributed by atoms with van der Waals surface area (Å²) in [7, 11) is 0. The predicted molar refractivity (Wildman–Crippen MR) is 184 cm³/mol. The fraction of sp³-hybridized carbons (Fsp3) is 0.0500. The summed E-state index contributed by atoms with van der Waals surface area (Å²) in [4.78, 5) is 56.1. The Labute approximate surface area is 276 Å². The summed E-state index contributed by atoms with van der Waals surface area (Å²) in [5.74, 6) is -0.212. The molecule has 7 rings (SSSR count). The fourth-order valence-electron chi connectivity index (χ4n) is 5.69. The Morgan fingerprint density at radius 3 is 1.19 bits per heavy atom. The quantitative estimate of drug-likeness (QED) is 0.159. The van der Waals surface area contributed by atoms with Crippen LogP contribution in [0.4, 0.5) is 11.4 Å². The fourth-order valence-corrected chi connectivity index (χ4v) is 5.69. The molecule has 2 heterocycles. The van der Waals surface area contributed by atoms with E-state index in [-0.39, 0.29) is 33.6 Å². The van der Waals surface area contributed by atoms with Crippen molar-refractivity contribution in [3.63, 3.8) is 0 Å². The van der Waals surface area contributed by atoms with Crippen LogP contribution in [0.15, 0.2) is 122 Å². The number of fused-ring (bicyclic) bond motifs is 2. The number of ether oxygens (including phenoxy) is 2. The smallest absolute Gasteiger partial charge is 0.266 e. The van der Waals surface area contributed by atoms with E-state index in [2.05, 4.69) is 13.2 Å². The van der Waals surface area contributed by atoms with Crippen molar-refractivity contribution in [1.82, 2.24) is 0 Å². The third-order valence-corrected chi connectivity index (χ3v) is 8.23. The maximum Gasteiger partial charge on any atom is 0.266 e. The van der Waals surface area contributed by atoms with Crippen LogP contribution in [0.3, 0.4) is 0 Å². The summed E-state index contributed by atoms with van der Waals surface area (Å²) in [6.07, 6.45) is 0. The van der Waals surface area contributed by atoms with Crippen LogP contribution in [0, 0.1) is 0 Å². The molecule has 0 unspecified atom stereocenters. The van der Waals surface area contributed by atoms with Crippen molar-refractivity contribution >= 4 is 46.1 Å². The lowest BCUT2D eigenvalue weighted by Crippen LogP contribution is -2.31. The molecule has 0 saturated carbocycles. The molecule has 5 aromatic carbocycles. The first-order valence-electron chi connectivity index (χ1n) is 15.1. The van der Waals surface area contributed by atoms with Gasteiger partial charge in [-0.3, -0.25) is 19.2 Å². The molecule has 0 aromatic heterocycles. The number of carbonyl (C=O) groups excluding carboxylic acids is 4. The largest absolute Gasteiger partial charge is 0.457 e. The van der Waals surface area contributed by atoms with E-state index in [4.69, 9.17) is 9.47 Å². The molecular formula is C40H28N2O6. The zero-order chi connectivity index (χ0) is 33.7. The van der Waals surface area contributed by atoms with E-state index in [1.165, 1.54) is 18.2 Å². The molecule has 0 atom stereocenters. The minimum atomic E-state index is -0.546. The molecule has 0 saturated heterocycles. The van der Waals surface area contributed by atoms with Crippen LogP contribution in [0.5, 0.6) is 23.0 Å². The molecule has 0 N–H and O–H groups in total. The molecule has 0 aliphatic carbocycles. The normalized spacial score (nSPS) is 13.5. The number of hydrogen-bond acceptors (Lipinski definition) is 6. The number of anilines is 2. The lowest BCUT2D eigenvalue weighted by molar-refractivity contribution is 0.0912. The summed E-state index contributed by atoms with van der Waals surface area (Å²) in [6, 6.07) is 30.4. The molecule has 8 nitrogen and oxygen atoms in total. The number of carbonyl (C=O) groups is 4. The van der Waals surface area contributed by atoms with E-state index in [0.29, 0.717) is 23.0 Å². The zero-order valence-electron chi connectivity index (χ0n) is 26.2. The van der Waals surface area contributed by atoms with E-state index >= 15 is 0 Å². The monoisotopic (exact) mass is 632 g/mol. The Bertz CT molecular complexity index is 2060. The minimum Gasteiger partial charge on any atom is -0.457 e. The number of imide groups is 2. The standard InChI is InChI=1S/C40H28N2O6/c1-23(2)25-8-12-29(13-9-25)47-31-16-18-33-35(21-31)39(45)41(37(33)43)27-6-5-7-28(20-27)42-38(44)34-19-17-32(22-36(34)40(42)46)48-30-14-10-26(11-15-30)24(3)4/h5-22H,1,3H2,2,4H3. The second kappa shape index (κ2) is 11.7. The molecule has 8 heteroatoms. The maximum atomic E-state index is 13.6. The maximum absolute atomic E-state index is 13.6. The van der Waals surface area contributed by atoms with Crippen LogP contribution in [0.1, 0.15) is 66.4 Å². The van der Waals surface area contributed by atoms with Crippen molar-refractivity contribution in [3.8, 4) is 23.0 Å². The molecule has 0 bridgehead atoms. The van der Waals surface area contributed by atoms with E-state index in [1.54, 1.807) is 66.7 Å². The topological polar surface area (TPSA) is 93.2 Å². The van der Waals surface area contributed by atoms with Crippen LogP contribution in [-0.2, 0) is 0 Å². The zero-order valence-corrected chi connectivity index (χ0v) is 26.2. The SMILES string of the molecule is C=C(C)c1ccc(Oc2ccc3c(c2)C(=O)N(c2cccc(N4C(=O)c5ccc(Oc6ccc(C(=C)C)cc6)cc5C4=O)c2)C3=O)cc1. The highest BCUT2D eigenvalue weighted by Crippen LogP contribution is 2.37. The first-order valence-corrected chi connectivity index (χ1v) is 15.1. The van der Waals surface area contributed by atoms with Gasteiger partial charge in [0.2, 0.25) is 0 Å². The highest BCUT2D eigenvalue weighted by Gasteiger charge is 2.40. The van der Waals surface area contributed by atoms with Crippen molar-refractivity contribution < 1.29 is 28.7 Å². The van der Waals surface area contributed by atoms with E-state index in [9.17, 15) is 19.2 Å². The van der Waals surface area contributed by atoms with E-state index in [1.807, 2.05) is 38.1 Å². The Hall–Kier alpha value is -6.54. The molecule has 2 aliphatic rings. The van der Waals surface area contributed by atoms with E-state index < -0.39 is 23.6 Å². The van der Waals surface area contributed by atoms with Gasteiger partial charge in [-0.25, -0.2) is 9.80 Å². The minimum absolute atomic E-state index is 0.184. The summed E-state index contributed by atoms with van der Waals surface area (Å²) in [6.45, 7) is 11.7. The average Bonchev–Trinajstić information content (AvgIpc) is 3.48. The number of rotatable bonds is 8. The number of amides is 4. The average molecular weight is 633 g/mol. The Kier molecular flexibility index (Phi) is 7.33. The van der Waals surface area contributed by atoms with Crippen LogP contribution in [-0.4, -0.2) is 23.6 Å². The van der Waals surface area contributed by atoms with Gasteiger partial charge in [0.1, 0.15) is 23.0 Å². The number of hydrogen-bond donors (Lipinski definition) is 0. The summed E-state index contributed by atoms with van der Waals surface area (Å²) in [5, 5.41) is 0. The Morgan fingerprint density at radius 2 is 0.812 bits per heavy atom. The number of allylic oxidation sites excluding steroid dienone is 2. The molecular weight excluding hydrogens is 604 g/mol. The van der Waals surface area contributed by atoms with Gasteiger partial charge in [-0.05, 0) is 104 Å². The van der Waals surface area contributed by atoms with Gasteiger partial charge in [-0.1, -0.05) is 54.6 Å². The van der Waals surface area contributed by atoms with Gasteiger partial charge >= 0.3 is 0 Å². The van der Waals surface area contributed by atoms with Crippen LogP contribution < -0.4 is 19.3 Å². The van der Waals surface area contributed by atoms with Gasteiger partial charge in [0.25, 0.3) is 23.6 Å². The second-order valence-electron chi connectivity index (χ2n) is 11.6. The van der Waals surface area contributed by atoms with Crippen molar-refractivity contribution in [2.45, 2.75) is 13.8 Å². The van der Waals surface area contributed by atoms with Gasteiger partial charge in [-0.15, -0.1) is 0 Å². The Balaban J connectivity index is 1.11. The molecule has 0 radical (unpaired) electrons. The Morgan fingerprint density at radius 1 is 0.458 bits per heavy atom. The van der Waals surface area contributed by atoms with Gasteiger partial charge in [0.15, 0.2) is 0 Å². The molecule has 0 fully saturated rings. The third-order valence-electron chi connectivity index (χ3n) is 8.23. The van der Waals surface area contributed by atoms with Gasteiger partial charge in [0, 0.05) is 0 Å². The summed E-state index contributed by atoms with van der Waals surface area (Å²) in [5.41, 5.74) is 5.06. The third kappa shape index (κ3) is 5.25. The van der Waals surface area contributed by atoms with Gasteiger partial charge in [0.05, 0.1) is 33.6 Å². The molecule has 4 amide bonds. The highest BCUT2D eigenvalue weighted by atomic mass is 16.5. The van der Waals surface area contributed by atoms with Crippen molar-refractivity contribution in [1.29, 1.82) is 0 Å². The highest BCUT2D eigenvalue weighted by molar-refractivity contribution is 6.36. The molecule has 5 aromatic rings. The van der Waals surface area contributed by atoms with Gasteiger partial charge in [-0.2, -0.15) is 0 Å². The summed E-state index contributed by atoms with van der Waals surface area (Å²) >= 11 is 0. The molecule has 234 valence electrons. The predicted octanol–water partition coefficient (Wildman–Crippen LogP) is 8.94. The summed E-state index contributed by atoms with van der Waals surface area (Å²) < 4.78 is 11.9. The number of nitrogens with zero attached hydrogens (tertiary/aromatic N) is 2. The van der Waals surface area contributed by atoms with Crippen molar-refractivity contribution in [3.05, 3.63) is 156 Å². The first-order chi connectivity index (χ1) is 23.1. The molecule has 2 aliphatic heterocycles. The van der Waals surface area contributed by atoms with Gasteiger partial charge < -0.3 is 9.47 Å². The number of benzene rings is 5. The van der Waals surface area contributed by atoms with Crippen LogP contribution in [0.2, 0.25) is 0 Å². The van der Waals surface area contributed by atoms with E-state index in [0.717, 1.165) is 32.1 Å². The van der Waals surface area contributed by atoms with Crippen LogP contribution in [0.25, 0.3) is 11.1 Å². The van der Waals surface area contributed by atoms with Crippen molar-refractivity contribution in [2.24, 2.45) is 0 Å². The molecule has 48 heavy (non-hydrogen) atoms. The lowest BCUT2D eigenvalue weighted by Gasteiger charge is -2.18. The second-order valence-corrected chi connectivity index (χ2v) is 11.6. The van der Waals surface area contributed by atoms with Crippen LogP contribution >= 0.6 is 0 Å². The lowest BCUT2D eigenvalue weighted by atomic mass is 10.1. The molecule has 0 spiro atoms.